The molecular formula is C17H21FO5. The van der Waals surface area contributed by atoms with Gasteiger partial charge in [-0.25, -0.2) is 4.39 Å². The monoisotopic (exact) mass is 324 g/mol. The number of rotatable bonds is 8. The van der Waals surface area contributed by atoms with Crippen molar-refractivity contribution in [2.75, 3.05) is 13.2 Å². The molecule has 0 saturated heterocycles. The Morgan fingerprint density at radius 3 is 2.30 bits per heavy atom. The van der Waals surface area contributed by atoms with Gasteiger partial charge in [-0.2, -0.15) is 0 Å². The van der Waals surface area contributed by atoms with Gasteiger partial charge in [-0.3, -0.25) is 14.4 Å². The lowest BCUT2D eigenvalue weighted by atomic mass is 9.75. The number of esters is 2. The fourth-order valence-corrected chi connectivity index (χ4v) is 2.32. The molecule has 0 N–H and O–H groups in total. The van der Waals surface area contributed by atoms with E-state index in [-0.39, 0.29) is 19.6 Å². The van der Waals surface area contributed by atoms with Gasteiger partial charge >= 0.3 is 11.9 Å². The van der Waals surface area contributed by atoms with Gasteiger partial charge in [-0.1, -0.05) is 12.1 Å². The second-order valence-electron chi connectivity index (χ2n) is 5.15. The Labute approximate surface area is 134 Å². The van der Waals surface area contributed by atoms with Crippen LogP contribution in [-0.4, -0.2) is 30.9 Å². The summed E-state index contributed by atoms with van der Waals surface area (Å²) >= 11 is 0. The maximum atomic E-state index is 13.4. The Morgan fingerprint density at radius 1 is 1.13 bits per heavy atom. The molecule has 0 fully saturated rings. The molecule has 5 nitrogen and oxygen atoms in total. The zero-order valence-corrected chi connectivity index (χ0v) is 13.6. The lowest BCUT2D eigenvalue weighted by Gasteiger charge is -2.28. The number of hydrogen-bond donors (Lipinski definition) is 0. The van der Waals surface area contributed by atoms with Crippen LogP contribution in [0.2, 0.25) is 0 Å². The van der Waals surface area contributed by atoms with Crippen LogP contribution >= 0.6 is 0 Å². The van der Waals surface area contributed by atoms with Crippen molar-refractivity contribution >= 4 is 17.7 Å². The Balaban J connectivity index is 3.23. The lowest BCUT2D eigenvalue weighted by Crippen LogP contribution is -2.43. The third-order valence-corrected chi connectivity index (χ3v) is 3.49. The molecule has 0 saturated carbocycles. The first-order chi connectivity index (χ1) is 10.9. The molecule has 1 rings (SSSR count). The minimum atomic E-state index is -1.71. The highest BCUT2D eigenvalue weighted by atomic mass is 19.1. The van der Waals surface area contributed by atoms with E-state index < -0.39 is 35.4 Å². The van der Waals surface area contributed by atoms with Crippen LogP contribution in [0.1, 0.15) is 32.8 Å². The van der Waals surface area contributed by atoms with Crippen molar-refractivity contribution < 1.29 is 28.2 Å². The molecule has 0 spiro atoms. The second-order valence-corrected chi connectivity index (χ2v) is 5.15. The van der Waals surface area contributed by atoms with Gasteiger partial charge in [0.1, 0.15) is 17.0 Å². The molecule has 0 aromatic heterocycles. The van der Waals surface area contributed by atoms with Gasteiger partial charge < -0.3 is 9.47 Å². The van der Waals surface area contributed by atoms with Crippen LogP contribution in [0, 0.1) is 11.2 Å². The highest BCUT2D eigenvalue weighted by Crippen LogP contribution is 2.31. The van der Waals surface area contributed by atoms with E-state index in [1.807, 2.05) is 0 Å². The van der Waals surface area contributed by atoms with Crippen molar-refractivity contribution in [3.05, 3.63) is 35.6 Å². The summed E-state index contributed by atoms with van der Waals surface area (Å²) in [7, 11) is 0. The van der Waals surface area contributed by atoms with Crippen molar-refractivity contribution in [1.29, 1.82) is 0 Å². The van der Waals surface area contributed by atoms with Crippen LogP contribution in [0.25, 0.3) is 0 Å². The Kier molecular flexibility index (Phi) is 6.88. The van der Waals surface area contributed by atoms with Crippen LogP contribution in [0.5, 0.6) is 0 Å². The molecule has 0 amide bonds. The average Bonchev–Trinajstić information content (AvgIpc) is 2.46. The van der Waals surface area contributed by atoms with E-state index in [0.717, 1.165) is 0 Å². The second kappa shape index (κ2) is 8.41. The molecule has 0 heterocycles. The fourth-order valence-electron chi connectivity index (χ4n) is 2.32. The van der Waals surface area contributed by atoms with Crippen LogP contribution in [0.3, 0.4) is 0 Å². The van der Waals surface area contributed by atoms with E-state index in [1.54, 1.807) is 19.9 Å². The molecule has 1 atom stereocenters. The van der Waals surface area contributed by atoms with E-state index in [9.17, 15) is 18.8 Å². The number of carbonyl (C=O) groups is 3. The Morgan fingerprint density at radius 2 is 1.78 bits per heavy atom. The quantitative estimate of drug-likeness (QED) is 0.543. The van der Waals surface area contributed by atoms with Gasteiger partial charge in [0.05, 0.1) is 19.6 Å². The van der Waals surface area contributed by atoms with E-state index in [0.29, 0.717) is 5.56 Å². The van der Waals surface area contributed by atoms with Gasteiger partial charge in [0.25, 0.3) is 0 Å². The molecular weight excluding hydrogens is 303 g/mol. The van der Waals surface area contributed by atoms with Crippen LogP contribution < -0.4 is 0 Å². The highest BCUT2D eigenvalue weighted by molar-refractivity contribution is 6.05. The lowest BCUT2D eigenvalue weighted by molar-refractivity contribution is -0.166. The summed E-state index contributed by atoms with van der Waals surface area (Å²) in [6.45, 7) is 4.66. The van der Waals surface area contributed by atoms with E-state index in [4.69, 9.17) is 9.47 Å². The number of carbonyl (C=O) groups excluding carboxylic acids is 3. The van der Waals surface area contributed by atoms with E-state index in [1.165, 1.54) is 25.1 Å². The molecule has 1 aromatic carbocycles. The van der Waals surface area contributed by atoms with Crippen molar-refractivity contribution in [3.8, 4) is 0 Å². The van der Waals surface area contributed by atoms with Crippen molar-refractivity contribution in [3.63, 3.8) is 0 Å². The van der Waals surface area contributed by atoms with E-state index in [2.05, 4.69) is 0 Å². The summed E-state index contributed by atoms with van der Waals surface area (Å²) in [6, 6.07) is 5.55. The van der Waals surface area contributed by atoms with Crippen LogP contribution in [0.15, 0.2) is 24.3 Å². The largest absolute Gasteiger partial charge is 0.466 e. The molecule has 23 heavy (non-hydrogen) atoms. The first-order valence-corrected chi connectivity index (χ1v) is 7.44. The Bertz CT molecular complexity index is 584. The molecule has 0 bridgehead atoms. The third-order valence-electron chi connectivity index (χ3n) is 3.49. The minimum absolute atomic E-state index is 0.0693. The van der Waals surface area contributed by atoms with E-state index >= 15 is 0 Å². The predicted octanol–water partition coefficient (Wildman–Crippen LogP) is 2.46. The SMILES string of the molecule is CCOC(=O)CC(Cc1cccc(F)c1)(C(C)=O)C(=O)OCC. The predicted molar refractivity (Wildman–Crippen MR) is 81.1 cm³/mol. The van der Waals surface area contributed by atoms with Crippen molar-refractivity contribution in [2.45, 2.75) is 33.6 Å². The average molecular weight is 324 g/mol. The number of ketones is 1. The van der Waals surface area contributed by atoms with Gasteiger partial charge in [0.15, 0.2) is 0 Å². The summed E-state index contributed by atoms with van der Waals surface area (Å²) in [5, 5.41) is 0. The minimum Gasteiger partial charge on any atom is -0.466 e. The summed E-state index contributed by atoms with van der Waals surface area (Å²) in [6.07, 6.45) is -0.566. The van der Waals surface area contributed by atoms with Crippen molar-refractivity contribution in [1.82, 2.24) is 0 Å². The normalized spacial score (nSPS) is 13.0. The van der Waals surface area contributed by atoms with Gasteiger partial charge in [-0.05, 0) is 44.9 Å². The number of benzene rings is 1. The molecule has 0 aliphatic heterocycles. The Hall–Kier alpha value is -2.24. The smallest absolute Gasteiger partial charge is 0.320 e. The van der Waals surface area contributed by atoms with Crippen LogP contribution in [-0.2, 0) is 30.3 Å². The summed E-state index contributed by atoms with van der Waals surface area (Å²) in [5.41, 5.74) is -1.28. The molecule has 0 aliphatic carbocycles. The topological polar surface area (TPSA) is 69.7 Å². The first-order valence-electron chi connectivity index (χ1n) is 7.44. The number of ether oxygens (including phenoxy) is 2. The summed E-state index contributed by atoms with van der Waals surface area (Å²) in [4.78, 5) is 36.5. The van der Waals surface area contributed by atoms with Gasteiger partial charge in [0, 0.05) is 0 Å². The third kappa shape index (κ3) is 4.87. The summed E-state index contributed by atoms with van der Waals surface area (Å²) < 4.78 is 23.2. The number of halogens is 1. The maximum absolute atomic E-state index is 13.4. The fraction of sp³-hybridized carbons (Fsp3) is 0.471. The van der Waals surface area contributed by atoms with Gasteiger partial charge in [0.2, 0.25) is 0 Å². The van der Waals surface area contributed by atoms with Crippen LogP contribution in [0.4, 0.5) is 4.39 Å². The van der Waals surface area contributed by atoms with Gasteiger partial charge in [-0.15, -0.1) is 0 Å². The molecule has 0 aliphatic rings. The molecule has 126 valence electrons. The summed E-state index contributed by atoms with van der Waals surface area (Å²) in [5.74, 6) is -2.48. The number of Topliss-reactive ketones (excluding diaryl/α,β-unsaturated/α-hetero) is 1. The first kappa shape index (κ1) is 18.8. The molecule has 6 heteroatoms. The molecule has 1 unspecified atom stereocenters. The zero-order chi connectivity index (χ0) is 17.5. The standard InChI is InChI=1S/C17H21FO5/c1-4-22-15(20)11-17(12(3)19,16(21)23-5-2)10-13-7-6-8-14(18)9-13/h6-9H,4-5,10-11H2,1-3H3. The maximum Gasteiger partial charge on any atom is 0.320 e. The highest BCUT2D eigenvalue weighted by Gasteiger charge is 2.47. The molecule has 0 radical (unpaired) electrons. The number of hydrogen-bond acceptors (Lipinski definition) is 5. The zero-order valence-electron chi connectivity index (χ0n) is 13.6. The van der Waals surface area contributed by atoms with Crippen molar-refractivity contribution in [2.24, 2.45) is 5.41 Å². The molecule has 1 aromatic rings.